The number of carbonyl (C=O) groups is 1. The van der Waals surface area contributed by atoms with Gasteiger partial charge < -0.3 is 9.72 Å². The van der Waals surface area contributed by atoms with Crippen LogP contribution in [-0.4, -0.2) is 27.3 Å². The van der Waals surface area contributed by atoms with E-state index in [1.54, 1.807) is 11.6 Å². The summed E-state index contributed by atoms with van der Waals surface area (Å²) >= 11 is 0. The van der Waals surface area contributed by atoms with Crippen LogP contribution in [0.2, 0.25) is 0 Å². The first kappa shape index (κ1) is 14.3. The van der Waals surface area contributed by atoms with Gasteiger partial charge in [0.1, 0.15) is 0 Å². The molecule has 0 aliphatic heterocycles. The van der Waals surface area contributed by atoms with E-state index in [9.17, 15) is 9.59 Å². The van der Waals surface area contributed by atoms with Crippen molar-refractivity contribution in [3.8, 4) is 0 Å². The molecule has 0 amide bonds. The highest BCUT2D eigenvalue weighted by molar-refractivity contribution is 6.06. The molecule has 6 heteroatoms. The number of H-pyrrole nitrogens is 1. The molecule has 3 rings (SSSR count). The number of rotatable bonds is 4. The smallest absolute Gasteiger partial charge is 0.311 e. The minimum absolute atomic E-state index is 0.103. The molecule has 1 N–H and O–H groups in total. The predicted octanol–water partition coefficient (Wildman–Crippen LogP) is 2.00. The first-order valence-electron chi connectivity index (χ1n) is 7.31. The maximum atomic E-state index is 12.2. The Kier molecular flexibility index (Phi) is 3.66. The minimum atomic E-state index is -0.316. The summed E-state index contributed by atoms with van der Waals surface area (Å²) in [6.07, 6.45) is 0.103. The number of fused-ring (bicyclic) bond motifs is 3. The molecule has 0 unspecified atom stereocenters. The lowest BCUT2D eigenvalue weighted by atomic mass is 10.1. The number of hydrogen-bond acceptors (Lipinski definition) is 4. The highest BCUT2D eigenvalue weighted by Gasteiger charge is 2.19. The fraction of sp³-hybridized carbons (Fsp3) is 0.312. The van der Waals surface area contributed by atoms with Crippen molar-refractivity contribution in [2.24, 2.45) is 0 Å². The summed E-state index contributed by atoms with van der Waals surface area (Å²) in [6, 6.07) is 7.52. The predicted molar refractivity (Wildman–Crippen MR) is 83.9 cm³/mol. The topological polar surface area (TPSA) is 77.0 Å². The van der Waals surface area contributed by atoms with E-state index >= 15 is 0 Å². The Balaban J connectivity index is 2.33. The quantitative estimate of drug-likeness (QED) is 0.748. The zero-order valence-corrected chi connectivity index (χ0v) is 12.5. The normalized spacial score (nSPS) is 11.2. The molecule has 0 bridgehead atoms. The minimum Gasteiger partial charge on any atom is -0.466 e. The fourth-order valence-corrected chi connectivity index (χ4v) is 2.72. The molecule has 3 aromatic rings. The standard InChI is InChI=1S/C16H17N3O3/c1-3-19-12(9-13(20)22-4-2)14-10-7-5-6-8-11(10)17-16(21)15(14)18-19/h5-8H,3-4,9H2,1-2H3,(H,17,21). The zero-order valence-electron chi connectivity index (χ0n) is 12.5. The molecule has 22 heavy (non-hydrogen) atoms. The monoisotopic (exact) mass is 299 g/mol. The molecule has 2 heterocycles. The van der Waals surface area contributed by atoms with Crippen molar-refractivity contribution in [3.05, 3.63) is 40.3 Å². The van der Waals surface area contributed by atoms with Gasteiger partial charge in [-0.15, -0.1) is 0 Å². The molecule has 0 saturated carbocycles. The van der Waals surface area contributed by atoms with Crippen LogP contribution in [0, 0.1) is 0 Å². The number of aromatic amines is 1. The summed E-state index contributed by atoms with van der Waals surface area (Å²) in [4.78, 5) is 27.0. The van der Waals surface area contributed by atoms with Crippen molar-refractivity contribution in [2.75, 3.05) is 6.61 Å². The number of para-hydroxylation sites is 1. The summed E-state index contributed by atoms with van der Waals surface area (Å²) in [5, 5.41) is 5.98. The second-order valence-corrected chi connectivity index (χ2v) is 4.97. The van der Waals surface area contributed by atoms with Gasteiger partial charge in [0.05, 0.1) is 18.7 Å². The highest BCUT2D eigenvalue weighted by atomic mass is 16.5. The van der Waals surface area contributed by atoms with E-state index in [4.69, 9.17) is 4.74 Å². The Morgan fingerprint density at radius 2 is 2.09 bits per heavy atom. The number of esters is 1. The van der Waals surface area contributed by atoms with Crippen molar-refractivity contribution in [1.29, 1.82) is 0 Å². The van der Waals surface area contributed by atoms with Gasteiger partial charge in [-0.05, 0) is 19.9 Å². The average Bonchev–Trinajstić information content (AvgIpc) is 2.87. The van der Waals surface area contributed by atoms with Gasteiger partial charge in [0.2, 0.25) is 0 Å². The van der Waals surface area contributed by atoms with Crippen LogP contribution in [-0.2, 0) is 22.5 Å². The molecule has 0 aliphatic rings. The first-order chi connectivity index (χ1) is 10.7. The Labute approximate surface area is 126 Å². The Hall–Kier alpha value is -2.63. The number of benzene rings is 1. The number of carbonyl (C=O) groups excluding carboxylic acids is 1. The van der Waals surface area contributed by atoms with Crippen LogP contribution < -0.4 is 5.56 Å². The van der Waals surface area contributed by atoms with Crippen LogP contribution in [0.25, 0.3) is 21.8 Å². The number of ether oxygens (including phenoxy) is 1. The number of nitrogens with zero attached hydrogens (tertiary/aromatic N) is 2. The third-order valence-electron chi connectivity index (χ3n) is 3.63. The van der Waals surface area contributed by atoms with Crippen LogP contribution >= 0.6 is 0 Å². The van der Waals surface area contributed by atoms with Gasteiger partial charge in [-0.2, -0.15) is 5.10 Å². The van der Waals surface area contributed by atoms with E-state index < -0.39 is 0 Å². The fourth-order valence-electron chi connectivity index (χ4n) is 2.72. The van der Waals surface area contributed by atoms with Crippen LogP contribution in [0.3, 0.4) is 0 Å². The van der Waals surface area contributed by atoms with Crippen molar-refractivity contribution in [3.63, 3.8) is 0 Å². The van der Waals surface area contributed by atoms with Crippen LogP contribution in [0.1, 0.15) is 19.5 Å². The molecular formula is C16H17N3O3. The Bertz CT molecular complexity index is 908. The van der Waals surface area contributed by atoms with Gasteiger partial charge in [-0.25, -0.2) is 0 Å². The largest absolute Gasteiger partial charge is 0.466 e. The van der Waals surface area contributed by atoms with Gasteiger partial charge >= 0.3 is 5.97 Å². The molecule has 0 radical (unpaired) electrons. The third kappa shape index (κ3) is 2.26. The van der Waals surface area contributed by atoms with E-state index in [2.05, 4.69) is 10.1 Å². The second kappa shape index (κ2) is 5.63. The van der Waals surface area contributed by atoms with Crippen molar-refractivity contribution in [2.45, 2.75) is 26.8 Å². The molecular weight excluding hydrogens is 282 g/mol. The summed E-state index contributed by atoms with van der Waals surface area (Å²) in [5.74, 6) is -0.316. The van der Waals surface area contributed by atoms with Crippen LogP contribution in [0.4, 0.5) is 0 Å². The maximum Gasteiger partial charge on any atom is 0.311 e. The Morgan fingerprint density at radius 3 is 2.82 bits per heavy atom. The number of aryl methyl sites for hydroxylation is 1. The van der Waals surface area contributed by atoms with Gasteiger partial charge in [-0.1, -0.05) is 18.2 Å². The lowest BCUT2D eigenvalue weighted by Crippen LogP contribution is -2.12. The number of aromatic nitrogens is 3. The molecule has 0 spiro atoms. The van der Waals surface area contributed by atoms with Gasteiger partial charge in [0, 0.05) is 22.8 Å². The molecule has 6 nitrogen and oxygen atoms in total. The van der Waals surface area contributed by atoms with Crippen molar-refractivity contribution < 1.29 is 9.53 Å². The number of hydrogen-bond donors (Lipinski definition) is 1. The average molecular weight is 299 g/mol. The molecule has 0 aliphatic carbocycles. The van der Waals surface area contributed by atoms with E-state index in [-0.39, 0.29) is 17.9 Å². The third-order valence-corrected chi connectivity index (χ3v) is 3.63. The molecule has 0 atom stereocenters. The molecule has 114 valence electrons. The van der Waals surface area contributed by atoms with Gasteiger partial charge in [-0.3, -0.25) is 14.3 Å². The summed E-state index contributed by atoms with van der Waals surface area (Å²) in [5.41, 5.74) is 1.57. The van der Waals surface area contributed by atoms with E-state index in [0.29, 0.717) is 18.7 Å². The van der Waals surface area contributed by atoms with Gasteiger partial charge in [0.15, 0.2) is 5.52 Å². The summed E-state index contributed by atoms with van der Waals surface area (Å²) < 4.78 is 6.74. The second-order valence-electron chi connectivity index (χ2n) is 4.97. The van der Waals surface area contributed by atoms with E-state index in [0.717, 1.165) is 22.0 Å². The van der Waals surface area contributed by atoms with Crippen molar-refractivity contribution in [1.82, 2.24) is 14.8 Å². The number of nitrogens with one attached hydrogen (secondary N) is 1. The molecule has 2 aromatic heterocycles. The van der Waals surface area contributed by atoms with E-state index in [1.807, 2.05) is 31.2 Å². The molecule has 0 fully saturated rings. The van der Waals surface area contributed by atoms with Gasteiger partial charge in [0.25, 0.3) is 5.56 Å². The maximum absolute atomic E-state index is 12.2. The van der Waals surface area contributed by atoms with E-state index in [1.165, 1.54) is 0 Å². The lowest BCUT2D eigenvalue weighted by Gasteiger charge is -2.06. The first-order valence-corrected chi connectivity index (χ1v) is 7.31. The Morgan fingerprint density at radius 1 is 1.32 bits per heavy atom. The summed E-state index contributed by atoms with van der Waals surface area (Å²) in [6.45, 7) is 4.61. The SMILES string of the molecule is CCOC(=O)Cc1c2c(nn1CC)c(=O)[nH]c1ccccc12. The molecule has 0 saturated heterocycles. The number of pyridine rings is 1. The zero-order chi connectivity index (χ0) is 15.7. The van der Waals surface area contributed by atoms with Crippen molar-refractivity contribution >= 4 is 27.8 Å². The lowest BCUT2D eigenvalue weighted by molar-refractivity contribution is -0.142. The highest BCUT2D eigenvalue weighted by Crippen LogP contribution is 2.25. The van der Waals surface area contributed by atoms with Crippen LogP contribution in [0.5, 0.6) is 0 Å². The molecule has 1 aromatic carbocycles. The summed E-state index contributed by atoms with van der Waals surface area (Å²) in [7, 11) is 0. The van der Waals surface area contributed by atoms with Crippen LogP contribution in [0.15, 0.2) is 29.1 Å².